The minimum atomic E-state index is -0.709. The van der Waals surface area contributed by atoms with Crippen molar-refractivity contribution in [3.05, 3.63) is 0 Å². The van der Waals surface area contributed by atoms with E-state index in [1.807, 2.05) is 0 Å². The molecule has 118 valence electrons. The van der Waals surface area contributed by atoms with Crippen LogP contribution in [0.3, 0.4) is 0 Å². The van der Waals surface area contributed by atoms with Crippen LogP contribution in [0.1, 0.15) is 65.2 Å². The SMILES string of the molecule is CC1CCC2C3CC(F)C4CC(=O)CCC4C3CCC12C. The largest absolute Gasteiger partial charge is 0.300 e. The Kier molecular flexibility index (Phi) is 3.25. The van der Waals surface area contributed by atoms with Gasteiger partial charge in [-0.2, -0.15) is 0 Å². The molecule has 0 spiro atoms. The molecular formula is C19H29FO. The first kappa shape index (κ1) is 14.2. The van der Waals surface area contributed by atoms with Gasteiger partial charge in [-0.1, -0.05) is 13.8 Å². The third kappa shape index (κ3) is 1.96. The number of fused-ring (bicyclic) bond motifs is 5. The summed E-state index contributed by atoms with van der Waals surface area (Å²) in [6.07, 6.45) is 7.58. The average Bonchev–Trinajstić information content (AvgIpc) is 2.76. The summed E-state index contributed by atoms with van der Waals surface area (Å²) in [5.74, 6) is 3.78. The highest BCUT2D eigenvalue weighted by Gasteiger charge is 2.57. The molecule has 0 aromatic carbocycles. The van der Waals surface area contributed by atoms with Gasteiger partial charge in [0.1, 0.15) is 12.0 Å². The number of hydrogen-bond donors (Lipinski definition) is 0. The van der Waals surface area contributed by atoms with Gasteiger partial charge in [-0.25, -0.2) is 4.39 Å². The summed E-state index contributed by atoms with van der Waals surface area (Å²) < 4.78 is 14.8. The number of rotatable bonds is 0. The van der Waals surface area contributed by atoms with Gasteiger partial charge in [0.2, 0.25) is 0 Å². The zero-order valence-corrected chi connectivity index (χ0v) is 13.5. The number of carbonyl (C=O) groups excluding carboxylic acids is 1. The molecule has 4 aliphatic rings. The van der Waals surface area contributed by atoms with Crippen molar-refractivity contribution in [2.24, 2.45) is 40.9 Å². The number of halogens is 1. The zero-order valence-electron chi connectivity index (χ0n) is 13.5. The van der Waals surface area contributed by atoms with E-state index in [0.29, 0.717) is 29.5 Å². The van der Waals surface area contributed by atoms with Crippen LogP contribution in [-0.4, -0.2) is 12.0 Å². The Morgan fingerprint density at radius 1 is 1.05 bits per heavy atom. The van der Waals surface area contributed by atoms with Gasteiger partial charge in [0, 0.05) is 18.8 Å². The minimum Gasteiger partial charge on any atom is -0.300 e. The smallest absolute Gasteiger partial charge is 0.133 e. The molecule has 0 radical (unpaired) electrons. The molecule has 8 atom stereocenters. The van der Waals surface area contributed by atoms with E-state index in [-0.39, 0.29) is 5.92 Å². The Morgan fingerprint density at radius 2 is 1.81 bits per heavy atom. The van der Waals surface area contributed by atoms with Crippen LogP contribution in [0.4, 0.5) is 4.39 Å². The molecule has 4 fully saturated rings. The first-order chi connectivity index (χ1) is 10.0. The van der Waals surface area contributed by atoms with E-state index in [1.54, 1.807) is 0 Å². The van der Waals surface area contributed by atoms with Crippen LogP contribution >= 0.6 is 0 Å². The molecule has 0 aliphatic heterocycles. The van der Waals surface area contributed by atoms with Crippen molar-refractivity contribution < 1.29 is 9.18 Å². The number of carbonyl (C=O) groups is 1. The summed E-state index contributed by atoms with van der Waals surface area (Å²) in [5, 5.41) is 0. The van der Waals surface area contributed by atoms with Crippen molar-refractivity contribution in [3.8, 4) is 0 Å². The molecule has 4 saturated carbocycles. The molecule has 0 aromatic heterocycles. The molecule has 0 N–H and O–H groups in total. The molecule has 8 unspecified atom stereocenters. The molecule has 0 amide bonds. The number of Topliss-reactive ketones (excluding diaryl/α,β-unsaturated/α-hetero) is 1. The summed E-state index contributed by atoms with van der Waals surface area (Å²) in [7, 11) is 0. The summed E-state index contributed by atoms with van der Waals surface area (Å²) >= 11 is 0. The van der Waals surface area contributed by atoms with Crippen molar-refractivity contribution in [2.45, 2.75) is 71.4 Å². The zero-order chi connectivity index (χ0) is 14.8. The van der Waals surface area contributed by atoms with E-state index < -0.39 is 6.17 Å². The highest BCUT2D eigenvalue weighted by molar-refractivity contribution is 5.79. The first-order valence-corrected chi connectivity index (χ1v) is 9.16. The molecule has 0 bridgehead atoms. The highest BCUT2D eigenvalue weighted by atomic mass is 19.1. The lowest BCUT2D eigenvalue weighted by Gasteiger charge is -2.56. The van der Waals surface area contributed by atoms with Gasteiger partial charge in [-0.05, 0) is 73.5 Å². The molecule has 4 rings (SSSR count). The van der Waals surface area contributed by atoms with E-state index >= 15 is 0 Å². The third-order valence-corrected chi connectivity index (χ3v) is 8.25. The van der Waals surface area contributed by atoms with E-state index in [9.17, 15) is 9.18 Å². The van der Waals surface area contributed by atoms with Crippen molar-refractivity contribution in [1.29, 1.82) is 0 Å². The lowest BCUT2D eigenvalue weighted by molar-refractivity contribution is -0.132. The summed E-state index contributed by atoms with van der Waals surface area (Å²) in [6, 6.07) is 0. The Balaban J connectivity index is 1.62. The van der Waals surface area contributed by atoms with Gasteiger partial charge in [-0.15, -0.1) is 0 Å². The standard InChI is InChI=1S/C19H29FO/c1-11-3-6-17-15-10-18(20)16-9-12(21)4-5-13(16)14(15)7-8-19(11,17)2/h11,13-18H,3-10H2,1-2H3. The Morgan fingerprint density at radius 3 is 2.62 bits per heavy atom. The molecule has 0 aromatic rings. The fraction of sp³-hybridized carbons (Fsp3) is 0.947. The number of ketones is 1. The fourth-order valence-corrected chi connectivity index (χ4v) is 6.87. The van der Waals surface area contributed by atoms with Crippen LogP contribution in [-0.2, 0) is 4.79 Å². The molecular weight excluding hydrogens is 263 g/mol. The summed E-state index contributed by atoms with van der Waals surface area (Å²) in [4.78, 5) is 11.7. The maximum atomic E-state index is 14.8. The highest BCUT2D eigenvalue weighted by Crippen LogP contribution is 2.64. The van der Waals surface area contributed by atoms with Crippen LogP contribution in [0.5, 0.6) is 0 Å². The average molecular weight is 292 g/mol. The predicted molar refractivity (Wildman–Crippen MR) is 81.6 cm³/mol. The Labute approximate surface area is 128 Å². The molecule has 1 nitrogen and oxygen atoms in total. The molecule has 0 heterocycles. The topological polar surface area (TPSA) is 17.1 Å². The molecule has 2 heteroatoms. The summed E-state index contributed by atoms with van der Waals surface area (Å²) in [5.41, 5.74) is 0.470. The second-order valence-corrected chi connectivity index (χ2v) is 8.82. The van der Waals surface area contributed by atoms with Gasteiger partial charge in [0.05, 0.1) is 0 Å². The van der Waals surface area contributed by atoms with E-state index in [1.165, 1.54) is 25.7 Å². The Hall–Kier alpha value is -0.400. The van der Waals surface area contributed by atoms with Crippen LogP contribution in [0.15, 0.2) is 0 Å². The van der Waals surface area contributed by atoms with Gasteiger partial charge in [-0.3, -0.25) is 4.79 Å². The van der Waals surface area contributed by atoms with E-state index in [2.05, 4.69) is 13.8 Å². The van der Waals surface area contributed by atoms with Crippen LogP contribution < -0.4 is 0 Å². The number of hydrogen-bond acceptors (Lipinski definition) is 1. The van der Waals surface area contributed by atoms with Crippen molar-refractivity contribution in [1.82, 2.24) is 0 Å². The molecule has 0 saturated heterocycles. The summed E-state index contributed by atoms with van der Waals surface area (Å²) in [6.45, 7) is 4.90. The van der Waals surface area contributed by atoms with Crippen molar-refractivity contribution in [2.75, 3.05) is 0 Å². The van der Waals surface area contributed by atoms with Crippen LogP contribution in [0, 0.1) is 40.9 Å². The monoisotopic (exact) mass is 292 g/mol. The maximum Gasteiger partial charge on any atom is 0.133 e. The first-order valence-electron chi connectivity index (χ1n) is 9.16. The van der Waals surface area contributed by atoms with E-state index in [0.717, 1.165) is 37.0 Å². The second-order valence-electron chi connectivity index (χ2n) is 8.82. The lowest BCUT2D eigenvalue weighted by Crippen LogP contribution is -2.51. The fourth-order valence-electron chi connectivity index (χ4n) is 6.87. The lowest BCUT2D eigenvalue weighted by atomic mass is 9.49. The van der Waals surface area contributed by atoms with Gasteiger partial charge >= 0.3 is 0 Å². The van der Waals surface area contributed by atoms with Gasteiger partial charge in [0.15, 0.2) is 0 Å². The normalized spacial score (nSPS) is 56.5. The van der Waals surface area contributed by atoms with Crippen molar-refractivity contribution in [3.63, 3.8) is 0 Å². The maximum absolute atomic E-state index is 14.8. The van der Waals surface area contributed by atoms with E-state index in [4.69, 9.17) is 0 Å². The van der Waals surface area contributed by atoms with Crippen molar-refractivity contribution >= 4 is 5.78 Å². The van der Waals surface area contributed by atoms with Crippen LogP contribution in [0.2, 0.25) is 0 Å². The van der Waals surface area contributed by atoms with Gasteiger partial charge in [0.25, 0.3) is 0 Å². The Bertz CT molecular complexity index is 447. The molecule has 21 heavy (non-hydrogen) atoms. The predicted octanol–water partition coefficient (Wildman–Crippen LogP) is 4.79. The van der Waals surface area contributed by atoms with Gasteiger partial charge < -0.3 is 0 Å². The third-order valence-electron chi connectivity index (χ3n) is 8.25. The minimum absolute atomic E-state index is 0.0654. The molecule has 4 aliphatic carbocycles. The van der Waals surface area contributed by atoms with Crippen LogP contribution in [0.25, 0.3) is 0 Å². The second kappa shape index (κ2) is 4.80. The number of alkyl halides is 1. The quantitative estimate of drug-likeness (QED) is 0.627.